The van der Waals surface area contributed by atoms with Crippen LogP contribution in [0.5, 0.6) is 0 Å². The number of carbonyl (C=O) groups is 1. The lowest BCUT2D eigenvalue weighted by molar-refractivity contribution is -0.137. The molecular weight excluding hydrogens is 419 g/mol. The van der Waals surface area contributed by atoms with E-state index in [-0.39, 0.29) is 18.5 Å². The number of aromatic nitrogens is 2. The number of nitriles is 1. The van der Waals surface area contributed by atoms with Crippen LogP contribution in [0.4, 0.5) is 19.0 Å². The summed E-state index contributed by atoms with van der Waals surface area (Å²) in [6, 6.07) is 13.9. The van der Waals surface area contributed by atoms with Gasteiger partial charge in [0.15, 0.2) is 5.82 Å². The number of benzene rings is 2. The van der Waals surface area contributed by atoms with Gasteiger partial charge < -0.3 is 10.2 Å². The molecule has 0 bridgehead atoms. The number of anilines is 1. The lowest BCUT2D eigenvalue weighted by atomic mass is 10.0. The molecule has 2 heterocycles. The maximum Gasteiger partial charge on any atom is 0.416 e. The molecule has 1 fully saturated rings. The minimum Gasteiger partial charge on any atom is -0.362 e. The summed E-state index contributed by atoms with van der Waals surface area (Å²) in [5.41, 5.74) is 0.220. The number of nitrogens with one attached hydrogen (secondary N) is 1. The number of likely N-dealkylation sites (tertiary alicyclic amines) is 1. The van der Waals surface area contributed by atoms with Crippen molar-refractivity contribution in [1.29, 1.82) is 5.26 Å². The second-order valence-electron chi connectivity index (χ2n) is 7.45. The van der Waals surface area contributed by atoms with E-state index >= 15 is 0 Å². The molecule has 32 heavy (non-hydrogen) atoms. The first-order valence-corrected chi connectivity index (χ1v) is 9.82. The molecule has 2 unspecified atom stereocenters. The van der Waals surface area contributed by atoms with Gasteiger partial charge >= 0.3 is 6.18 Å². The average molecular weight is 437 g/mol. The van der Waals surface area contributed by atoms with E-state index in [4.69, 9.17) is 0 Å². The first-order valence-electron chi connectivity index (χ1n) is 9.82. The molecule has 0 aliphatic carbocycles. The minimum atomic E-state index is -4.42. The molecule has 1 aliphatic heterocycles. The number of alkyl halides is 3. The van der Waals surface area contributed by atoms with E-state index in [2.05, 4.69) is 28.2 Å². The third kappa shape index (κ3) is 3.99. The molecule has 1 saturated heterocycles. The predicted molar refractivity (Wildman–Crippen MR) is 113 cm³/mol. The summed E-state index contributed by atoms with van der Waals surface area (Å²) < 4.78 is 38.7. The molecule has 9 heteroatoms. The first-order chi connectivity index (χ1) is 15.3. The van der Waals surface area contributed by atoms with Crippen LogP contribution in [-0.4, -0.2) is 40.1 Å². The van der Waals surface area contributed by atoms with Crippen LogP contribution >= 0.6 is 0 Å². The molecule has 2 aromatic carbocycles. The van der Waals surface area contributed by atoms with Gasteiger partial charge in [0.25, 0.3) is 0 Å². The number of rotatable bonds is 4. The highest BCUT2D eigenvalue weighted by Crippen LogP contribution is 2.34. The Morgan fingerprint density at radius 2 is 1.81 bits per heavy atom. The quantitative estimate of drug-likeness (QED) is 0.617. The molecule has 4 rings (SSSR count). The number of hydrogen-bond donors (Lipinski definition) is 1. The van der Waals surface area contributed by atoms with Crippen molar-refractivity contribution in [1.82, 2.24) is 15.1 Å². The zero-order valence-corrected chi connectivity index (χ0v) is 16.8. The highest BCUT2D eigenvalue weighted by molar-refractivity contribution is 6.00. The van der Waals surface area contributed by atoms with Crippen LogP contribution in [0.25, 0.3) is 22.0 Å². The number of halogens is 3. The maximum absolute atomic E-state index is 12.9. The van der Waals surface area contributed by atoms with E-state index in [0.29, 0.717) is 34.4 Å². The van der Waals surface area contributed by atoms with Crippen molar-refractivity contribution in [3.8, 4) is 17.3 Å². The normalized spacial score (nSPS) is 18.4. The van der Waals surface area contributed by atoms with Crippen molar-refractivity contribution in [2.45, 2.75) is 12.2 Å². The summed E-state index contributed by atoms with van der Waals surface area (Å²) in [6.45, 7) is 4.09. The van der Waals surface area contributed by atoms with Gasteiger partial charge in [-0.2, -0.15) is 18.4 Å². The number of hydrogen-bond acceptors (Lipinski definition) is 5. The van der Waals surface area contributed by atoms with E-state index in [0.717, 1.165) is 12.1 Å². The monoisotopic (exact) mass is 437 g/mol. The molecule has 6 nitrogen and oxygen atoms in total. The Kier molecular flexibility index (Phi) is 5.53. The molecule has 0 spiro atoms. The highest BCUT2D eigenvalue weighted by Gasteiger charge is 2.35. The Morgan fingerprint density at radius 3 is 2.44 bits per heavy atom. The Balaban J connectivity index is 1.68. The van der Waals surface area contributed by atoms with E-state index in [9.17, 15) is 23.2 Å². The molecule has 2 atom stereocenters. The van der Waals surface area contributed by atoms with Crippen molar-refractivity contribution in [3.63, 3.8) is 0 Å². The van der Waals surface area contributed by atoms with Gasteiger partial charge in [-0.3, -0.25) is 4.79 Å². The maximum atomic E-state index is 12.9. The zero-order chi connectivity index (χ0) is 22.9. The fourth-order valence-electron chi connectivity index (χ4n) is 3.81. The predicted octanol–water partition coefficient (Wildman–Crippen LogP) is 4.26. The van der Waals surface area contributed by atoms with Crippen LogP contribution in [-0.2, 0) is 11.0 Å². The Labute approximate surface area is 182 Å². The average Bonchev–Trinajstić information content (AvgIpc) is 3.21. The summed E-state index contributed by atoms with van der Waals surface area (Å²) in [5, 5.41) is 22.7. The van der Waals surface area contributed by atoms with Gasteiger partial charge in [-0.05, 0) is 18.2 Å². The molecule has 162 valence electrons. The molecule has 3 aromatic rings. The topological polar surface area (TPSA) is 81.9 Å². The molecule has 0 saturated carbocycles. The van der Waals surface area contributed by atoms with Crippen LogP contribution in [0.1, 0.15) is 5.56 Å². The summed E-state index contributed by atoms with van der Waals surface area (Å²) in [7, 11) is 0. The lowest BCUT2D eigenvalue weighted by Crippen LogP contribution is -2.31. The van der Waals surface area contributed by atoms with Crippen LogP contribution in [0.2, 0.25) is 0 Å². The second-order valence-corrected chi connectivity index (χ2v) is 7.45. The zero-order valence-electron chi connectivity index (χ0n) is 16.8. The number of carbonyl (C=O) groups excluding carboxylic acids is 1. The summed E-state index contributed by atoms with van der Waals surface area (Å²) >= 11 is 0. The smallest absolute Gasteiger partial charge is 0.362 e. The number of amides is 1. The molecule has 1 aromatic heterocycles. The van der Waals surface area contributed by atoms with Crippen molar-refractivity contribution in [2.24, 2.45) is 5.92 Å². The van der Waals surface area contributed by atoms with Crippen molar-refractivity contribution < 1.29 is 18.0 Å². The van der Waals surface area contributed by atoms with Gasteiger partial charge in [0.2, 0.25) is 5.91 Å². The SMILES string of the molecule is C=CC(=O)N1CC(C#N)C(Nc2nnc(-c3ccc(C(F)(F)F)cc3)c3ccccc23)C1. The fraction of sp³-hybridized carbons (Fsp3) is 0.217. The second kappa shape index (κ2) is 8.30. The largest absolute Gasteiger partial charge is 0.416 e. The Bertz CT molecular complexity index is 1220. The van der Waals surface area contributed by atoms with E-state index in [1.165, 1.54) is 18.2 Å². The molecule has 0 radical (unpaired) electrons. The third-order valence-corrected chi connectivity index (χ3v) is 5.47. The number of nitrogens with zero attached hydrogens (tertiary/aromatic N) is 4. The number of fused-ring (bicyclic) bond motifs is 1. The van der Waals surface area contributed by atoms with E-state index < -0.39 is 17.7 Å². The van der Waals surface area contributed by atoms with Crippen molar-refractivity contribution >= 4 is 22.5 Å². The van der Waals surface area contributed by atoms with Crippen molar-refractivity contribution in [2.75, 3.05) is 18.4 Å². The fourth-order valence-corrected chi connectivity index (χ4v) is 3.81. The van der Waals surface area contributed by atoms with Crippen LogP contribution in [0.15, 0.2) is 61.2 Å². The van der Waals surface area contributed by atoms with Gasteiger partial charge in [0, 0.05) is 29.4 Å². The van der Waals surface area contributed by atoms with Crippen LogP contribution < -0.4 is 5.32 Å². The Hall–Kier alpha value is -3.93. The third-order valence-electron chi connectivity index (χ3n) is 5.47. The van der Waals surface area contributed by atoms with Gasteiger partial charge in [-0.15, -0.1) is 10.2 Å². The molecule has 1 aliphatic rings. The first kappa shape index (κ1) is 21.3. The molecule has 1 N–H and O–H groups in total. The van der Waals surface area contributed by atoms with Gasteiger partial charge in [0.1, 0.15) is 5.69 Å². The lowest BCUT2D eigenvalue weighted by Gasteiger charge is -2.18. The Morgan fingerprint density at radius 1 is 1.12 bits per heavy atom. The van der Waals surface area contributed by atoms with E-state index in [1.807, 2.05) is 18.2 Å². The van der Waals surface area contributed by atoms with Crippen LogP contribution in [0, 0.1) is 17.2 Å². The van der Waals surface area contributed by atoms with Crippen LogP contribution in [0.3, 0.4) is 0 Å². The minimum absolute atomic E-state index is 0.247. The standard InChI is InChI=1S/C23H18F3N5O/c1-2-20(32)31-12-15(11-27)19(13-31)28-22-18-6-4-3-5-17(18)21(29-30-22)14-7-9-16(10-8-14)23(24,25)26/h2-10,15,19H,1,12-13H2,(H,28,30). The summed E-state index contributed by atoms with van der Waals surface area (Å²) in [6.07, 6.45) is -3.20. The summed E-state index contributed by atoms with van der Waals surface area (Å²) in [5.74, 6) is -0.244. The van der Waals surface area contributed by atoms with Gasteiger partial charge in [0.05, 0.1) is 23.6 Å². The van der Waals surface area contributed by atoms with Gasteiger partial charge in [-0.25, -0.2) is 0 Å². The van der Waals surface area contributed by atoms with Gasteiger partial charge in [-0.1, -0.05) is 43.0 Å². The highest BCUT2D eigenvalue weighted by atomic mass is 19.4. The molecular formula is C23H18F3N5O. The summed E-state index contributed by atoms with van der Waals surface area (Å²) in [4.78, 5) is 13.5. The molecule has 1 amide bonds. The van der Waals surface area contributed by atoms with E-state index in [1.54, 1.807) is 11.0 Å². The van der Waals surface area contributed by atoms with Crippen molar-refractivity contribution in [3.05, 3.63) is 66.7 Å².